The van der Waals surface area contributed by atoms with Crippen molar-refractivity contribution < 1.29 is 14.3 Å². The van der Waals surface area contributed by atoms with Crippen LogP contribution in [0.3, 0.4) is 0 Å². The van der Waals surface area contributed by atoms with Crippen LogP contribution < -0.4 is 4.74 Å². The fourth-order valence-corrected chi connectivity index (χ4v) is 7.44. The Kier molecular flexibility index (Phi) is 10.3. The van der Waals surface area contributed by atoms with Crippen LogP contribution in [0.25, 0.3) is 0 Å². The normalized spacial score (nSPS) is 21.7. The van der Waals surface area contributed by atoms with Crippen LogP contribution in [-0.2, 0) is 15.7 Å². The van der Waals surface area contributed by atoms with E-state index in [-0.39, 0.29) is 17.4 Å². The van der Waals surface area contributed by atoms with Gasteiger partial charge in [-0.1, -0.05) is 74.3 Å². The second-order valence-electron chi connectivity index (χ2n) is 14.4. The van der Waals surface area contributed by atoms with E-state index in [4.69, 9.17) is 32.9 Å². The molecule has 3 aromatic rings. The highest BCUT2D eigenvalue weighted by Gasteiger charge is 2.52. The van der Waals surface area contributed by atoms with Gasteiger partial charge in [-0.3, -0.25) is 19.6 Å². The predicted octanol–water partition coefficient (Wildman–Crippen LogP) is 7.77. The SMILES string of the molecule is CCOc1cc(C(C)(C)C)ccc1C1=N[C@@](C)(c2ccc(Cl)cc2)[C@H](c2ccc(Cl)cc2)N1C(=O)N1CCN(CC(=O)N2CCCC2)CC1. The average Bonchev–Trinajstić information content (AvgIpc) is 3.73. The van der Waals surface area contributed by atoms with E-state index in [1.54, 1.807) is 0 Å². The number of hydrogen-bond acceptors (Lipinski definition) is 5. The summed E-state index contributed by atoms with van der Waals surface area (Å²) in [6, 6.07) is 21.0. The van der Waals surface area contributed by atoms with Crippen molar-refractivity contribution in [2.45, 2.75) is 64.5 Å². The second kappa shape index (κ2) is 14.3. The van der Waals surface area contributed by atoms with Crippen molar-refractivity contribution in [3.63, 3.8) is 0 Å². The number of ether oxygens (including phenoxy) is 1. The van der Waals surface area contributed by atoms with Crippen molar-refractivity contribution >= 4 is 41.0 Å². The second-order valence-corrected chi connectivity index (χ2v) is 15.3. The molecule has 2 atom stereocenters. The molecule has 0 aromatic heterocycles. The molecule has 0 saturated carbocycles. The number of halogens is 2. The molecule has 2 saturated heterocycles. The molecule has 3 aliphatic heterocycles. The number of urea groups is 1. The van der Waals surface area contributed by atoms with Crippen molar-refractivity contribution in [1.82, 2.24) is 19.6 Å². The van der Waals surface area contributed by atoms with Gasteiger partial charge in [-0.05, 0) is 85.2 Å². The van der Waals surface area contributed by atoms with Gasteiger partial charge in [0.1, 0.15) is 17.1 Å². The summed E-state index contributed by atoms with van der Waals surface area (Å²) in [6.45, 7) is 15.3. The number of benzene rings is 3. The smallest absolute Gasteiger partial charge is 0.326 e. The number of rotatable bonds is 7. The number of nitrogens with zero attached hydrogens (tertiary/aromatic N) is 5. The van der Waals surface area contributed by atoms with Gasteiger partial charge >= 0.3 is 6.03 Å². The van der Waals surface area contributed by atoms with E-state index < -0.39 is 11.6 Å². The van der Waals surface area contributed by atoms with E-state index in [0.717, 1.165) is 48.2 Å². The molecule has 0 spiro atoms. The Hall–Kier alpha value is -3.59. The molecule has 3 aliphatic rings. The van der Waals surface area contributed by atoms with E-state index in [0.29, 0.717) is 61.0 Å². The first kappa shape index (κ1) is 35.2. The Morgan fingerprint density at radius 3 is 2.06 bits per heavy atom. The van der Waals surface area contributed by atoms with Gasteiger partial charge in [-0.15, -0.1) is 0 Å². The minimum Gasteiger partial charge on any atom is -0.493 e. The van der Waals surface area contributed by atoms with Crippen molar-refractivity contribution in [2.24, 2.45) is 4.99 Å². The Morgan fingerprint density at radius 1 is 0.857 bits per heavy atom. The maximum Gasteiger partial charge on any atom is 0.326 e. The lowest BCUT2D eigenvalue weighted by Gasteiger charge is -2.40. The Balaban J connectivity index is 1.42. The first-order valence-electron chi connectivity index (χ1n) is 17.4. The van der Waals surface area contributed by atoms with Crippen LogP contribution in [0.5, 0.6) is 5.75 Å². The quantitative estimate of drug-likeness (QED) is 0.252. The lowest BCUT2D eigenvalue weighted by molar-refractivity contribution is -0.131. The molecule has 0 aliphatic carbocycles. The van der Waals surface area contributed by atoms with E-state index >= 15 is 4.79 Å². The van der Waals surface area contributed by atoms with Crippen LogP contribution in [0.2, 0.25) is 10.0 Å². The molecule has 49 heavy (non-hydrogen) atoms. The minimum atomic E-state index is -0.875. The van der Waals surface area contributed by atoms with Crippen molar-refractivity contribution in [1.29, 1.82) is 0 Å². The fraction of sp³-hybridized carbons (Fsp3) is 0.462. The highest BCUT2D eigenvalue weighted by atomic mass is 35.5. The summed E-state index contributed by atoms with van der Waals surface area (Å²) < 4.78 is 6.29. The highest BCUT2D eigenvalue weighted by Crippen LogP contribution is 2.50. The van der Waals surface area contributed by atoms with Gasteiger partial charge in [-0.25, -0.2) is 4.79 Å². The molecule has 10 heteroatoms. The summed E-state index contributed by atoms with van der Waals surface area (Å²) in [5.41, 5.74) is 2.75. The standard InChI is InChI=1S/C39H47Cl2N5O3/c1-6-49-33-25-29(38(2,3)4)13-18-32(33)36-42-39(5,28-11-16-31(41)17-12-28)35(27-9-14-30(40)15-10-27)46(36)37(48)45-23-21-43(22-24-45)26-34(47)44-19-7-8-20-44/h9-18,25,35H,6-8,19-24,26H2,1-5H3/t35-,39-/m0/s1. The largest absolute Gasteiger partial charge is 0.493 e. The zero-order valence-electron chi connectivity index (χ0n) is 29.2. The number of amides is 3. The van der Waals surface area contributed by atoms with Gasteiger partial charge in [0.15, 0.2) is 0 Å². The molecule has 260 valence electrons. The number of piperazine rings is 1. The number of aliphatic imine (C=N–C) groups is 1. The van der Waals surface area contributed by atoms with Crippen LogP contribution in [0.15, 0.2) is 71.7 Å². The predicted molar refractivity (Wildman–Crippen MR) is 197 cm³/mol. The van der Waals surface area contributed by atoms with Crippen LogP contribution in [0.1, 0.15) is 75.8 Å². The van der Waals surface area contributed by atoms with E-state index in [9.17, 15) is 4.79 Å². The topological polar surface area (TPSA) is 68.7 Å². The molecule has 2 fully saturated rings. The van der Waals surface area contributed by atoms with Crippen LogP contribution in [0, 0.1) is 0 Å². The minimum absolute atomic E-state index is 0.100. The lowest BCUT2D eigenvalue weighted by atomic mass is 9.81. The third-order valence-electron chi connectivity index (χ3n) is 10.0. The Morgan fingerprint density at radius 2 is 1.47 bits per heavy atom. The average molecular weight is 705 g/mol. The third kappa shape index (κ3) is 7.33. The molecule has 3 aromatic carbocycles. The van der Waals surface area contributed by atoms with Gasteiger partial charge in [0.05, 0.1) is 24.8 Å². The van der Waals surface area contributed by atoms with Crippen molar-refractivity contribution in [3.8, 4) is 5.75 Å². The van der Waals surface area contributed by atoms with Gasteiger partial charge in [0, 0.05) is 49.3 Å². The molecular weight excluding hydrogens is 657 g/mol. The molecule has 8 nitrogen and oxygen atoms in total. The number of hydrogen-bond donors (Lipinski definition) is 0. The van der Waals surface area contributed by atoms with Gasteiger partial charge in [0.2, 0.25) is 5.91 Å². The fourth-order valence-electron chi connectivity index (χ4n) is 7.18. The zero-order valence-corrected chi connectivity index (χ0v) is 30.7. The van der Waals surface area contributed by atoms with E-state index in [2.05, 4.69) is 44.7 Å². The number of carbonyl (C=O) groups excluding carboxylic acids is 2. The molecule has 0 bridgehead atoms. The summed E-state index contributed by atoms with van der Waals surface area (Å²) in [6.07, 6.45) is 2.14. The Labute approximate surface area is 300 Å². The molecule has 0 N–H and O–H groups in total. The van der Waals surface area contributed by atoms with Gasteiger partial charge in [-0.2, -0.15) is 0 Å². The van der Waals surface area contributed by atoms with E-state index in [1.807, 2.05) is 76.2 Å². The summed E-state index contributed by atoms with van der Waals surface area (Å²) in [5, 5.41) is 1.24. The summed E-state index contributed by atoms with van der Waals surface area (Å²) >= 11 is 12.7. The number of amidine groups is 1. The monoisotopic (exact) mass is 703 g/mol. The first-order valence-corrected chi connectivity index (χ1v) is 18.1. The zero-order chi connectivity index (χ0) is 34.9. The molecular formula is C39H47Cl2N5O3. The van der Waals surface area contributed by atoms with Crippen molar-refractivity contribution in [3.05, 3.63) is 99.0 Å². The number of likely N-dealkylation sites (tertiary alicyclic amines) is 1. The van der Waals surface area contributed by atoms with Gasteiger partial charge in [0.25, 0.3) is 0 Å². The van der Waals surface area contributed by atoms with Crippen LogP contribution in [0.4, 0.5) is 4.79 Å². The molecule has 3 amide bonds. The van der Waals surface area contributed by atoms with Gasteiger partial charge < -0.3 is 14.5 Å². The first-order chi connectivity index (χ1) is 23.4. The molecule has 0 radical (unpaired) electrons. The highest BCUT2D eigenvalue weighted by molar-refractivity contribution is 6.30. The Bertz CT molecular complexity index is 1690. The van der Waals surface area contributed by atoms with Crippen LogP contribution in [-0.4, -0.2) is 89.8 Å². The molecule has 0 unspecified atom stereocenters. The molecule has 6 rings (SSSR count). The maximum atomic E-state index is 15.0. The third-order valence-corrected chi connectivity index (χ3v) is 10.5. The number of carbonyl (C=O) groups is 2. The summed E-state index contributed by atoms with van der Waals surface area (Å²) in [7, 11) is 0. The van der Waals surface area contributed by atoms with Crippen LogP contribution >= 0.6 is 23.2 Å². The summed E-state index contributed by atoms with van der Waals surface area (Å²) in [5.74, 6) is 1.42. The lowest BCUT2D eigenvalue weighted by Crippen LogP contribution is -2.56. The maximum absolute atomic E-state index is 15.0. The summed E-state index contributed by atoms with van der Waals surface area (Å²) in [4.78, 5) is 41.3. The van der Waals surface area contributed by atoms with E-state index in [1.165, 1.54) is 0 Å². The van der Waals surface area contributed by atoms with Crippen molar-refractivity contribution in [2.75, 3.05) is 52.4 Å². The molecule has 3 heterocycles.